The predicted octanol–water partition coefficient (Wildman–Crippen LogP) is 0.110. The van der Waals surface area contributed by atoms with Gasteiger partial charge in [0, 0.05) is 13.0 Å². The minimum atomic E-state index is -1.02. The lowest BCUT2D eigenvalue weighted by Crippen LogP contribution is -2.57. The number of aromatic amines is 1. The zero-order valence-electron chi connectivity index (χ0n) is 11.8. The van der Waals surface area contributed by atoms with Gasteiger partial charge in [0.05, 0.1) is 36.4 Å². The van der Waals surface area contributed by atoms with E-state index in [-0.39, 0.29) is 19.0 Å². The molecule has 2 unspecified atom stereocenters. The van der Waals surface area contributed by atoms with Crippen molar-refractivity contribution < 1.29 is 19.4 Å². The summed E-state index contributed by atoms with van der Waals surface area (Å²) in [5.41, 5.74) is 1.06. The van der Waals surface area contributed by atoms with Crippen molar-refractivity contribution in [1.29, 1.82) is 0 Å². The van der Waals surface area contributed by atoms with E-state index in [1.807, 2.05) is 6.92 Å². The molecule has 0 radical (unpaired) electrons. The van der Waals surface area contributed by atoms with Crippen molar-refractivity contribution in [2.75, 3.05) is 13.2 Å². The zero-order valence-corrected chi connectivity index (χ0v) is 11.8. The number of H-pyrrole nitrogens is 1. The maximum Gasteiger partial charge on any atom is 0.326 e. The summed E-state index contributed by atoms with van der Waals surface area (Å²) in [6, 6.07) is -1.28. The Morgan fingerprint density at radius 1 is 1.62 bits per heavy atom. The second-order valence-corrected chi connectivity index (χ2v) is 5.81. The molecule has 0 saturated carbocycles. The van der Waals surface area contributed by atoms with Gasteiger partial charge in [0.25, 0.3) is 0 Å². The van der Waals surface area contributed by atoms with Gasteiger partial charge in [-0.15, -0.1) is 0 Å². The van der Waals surface area contributed by atoms with Crippen molar-refractivity contribution in [2.24, 2.45) is 0 Å². The van der Waals surface area contributed by atoms with E-state index in [2.05, 4.69) is 15.3 Å². The number of rotatable bonds is 2. The molecule has 1 aromatic rings. The molecule has 0 spiro atoms. The van der Waals surface area contributed by atoms with Crippen molar-refractivity contribution in [1.82, 2.24) is 20.2 Å². The fourth-order valence-electron chi connectivity index (χ4n) is 2.77. The summed E-state index contributed by atoms with van der Waals surface area (Å²) >= 11 is 0. The fourth-order valence-corrected chi connectivity index (χ4v) is 2.77. The van der Waals surface area contributed by atoms with Crippen LogP contribution in [0.3, 0.4) is 0 Å². The largest absolute Gasteiger partial charge is 0.480 e. The van der Waals surface area contributed by atoms with Crippen LogP contribution in [0.15, 0.2) is 6.33 Å². The van der Waals surface area contributed by atoms with Crippen LogP contribution >= 0.6 is 0 Å². The average molecular weight is 294 g/mol. The number of nitrogens with one attached hydrogen (secondary N) is 2. The minimum absolute atomic E-state index is 0.217. The van der Waals surface area contributed by atoms with Crippen LogP contribution in [0.2, 0.25) is 0 Å². The van der Waals surface area contributed by atoms with Gasteiger partial charge in [0.2, 0.25) is 0 Å². The number of ether oxygens (including phenoxy) is 1. The fraction of sp³-hybridized carbons (Fsp3) is 0.615. The number of carboxylic acid groups (broad SMARTS) is 1. The summed E-state index contributed by atoms with van der Waals surface area (Å²) in [5.74, 6) is -1.02. The summed E-state index contributed by atoms with van der Waals surface area (Å²) in [6.45, 7) is 3.16. The van der Waals surface area contributed by atoms with Crippen LogP contribution in [0.5, 0.6) is 0 Å². The first-order chi connectivity index (χ1) is 9.98. The number of nitrogens with zero attached hydrogens (tertiary/aromatic N) is 2. The first kappa shape index (κ1) is 13.9. The van der Waals surface area contributed by atoms with Crippen molar-refractivity contribution in [3.8, 4) is 0 Å². The molecular weight excluding hydrogens is 276 g/mol. The first-order valence-electron chi connectivity index (χ1n) is 6.89. The van der Waals surface area contributed by atoms with Gasteiger partial charge in [0.15, 0.2) is 0 Å². The number of fused-ring (bicyclic) bond motifs is 1. The van der Waals surface area contributed by atoms with E-state index < -0.39 is 17.6 Å². The Hall–Kier alpha value is -2.09. The molecule has 2 aliphatic heterocycles. The molecule has 0 bridgehead atoms. The number of carbonyl (C=O) groups is 2. The van der Waals surface area contributed by atoms with Gasteiger partial charge in [-0.05, 0) is 13.3 Å². The Morgan fingerprint density at radius 2 is 2.43 bits per heavy atom. The summed E-state index contributed by atoms with van der Waals surface area (Å²) in [5, 5.41) is 12.3. The molecule has 8 nitrogen and oxygen atoms in total. The molecule has 8 heteroatoms. The van der Waals surface area contributed by atoms with Gasteiger partial charge in [0.1, 0.15) is 6.04 Å². The van der Waals surface area contributed by atoms with Gasteiger partial charge in [-0.2, -0.15) is 0 Å². The topological polar surface area (TPSA) is 108 Å². The molecule has 2 aliphatic rings. The third-order valence-corrected chi connectivity index (χ3v) is 4.07. The number of carboxylic acids is 1. The van der Waals surface area contributed by atoms with Crippen molar-refractivity contribution in [2.45, 2.75) is 37.9 Å². The molecule has 3 rings (SSSR count). The van der Waals surface area contributed by atoms with E-state index in [1.165, 1.54) is 11.2 Å². The SMILES string of the molecule is CC1(NC(=O)N2Cc3[nH]cnc3CC2C(=O)O)CCOC1. The quantitative estimate of drug-likeness (QED) is 0.717. The smallest absolute Gasteiger partial charge is 0.326 e. The summed E-state index contributed by atoms with van der Waals surface area (Å²) in [4.78, 5) is 32.3. The van der Waals surface area contributed by atoms with Gasteiger partial charge in [-0.1, -0.05) is 0 Å². The molecule has 3 heterocycles. The van der Waals surface area contributed by atoms with Crippen LogP contribution in [0.4, 0.5) is 4.79 Å². The molecule has 2 amide bonds. The third kappa shape index (κ3) is 2.58. The molecule has 0 aromatic carbocycles. The van der Waals surface area contributed by atoms with E-state index in [1.54, 1.807) is 0 Å². The Bertz CT molecular complexity index is 564. The number of hydrogen-bond donors (Lipinski definition) is 3. The van der Waals surface area contributed by atoms with E-state index in [0.717, 1.165) is 12.1 Å². The predicted molar refractivity (Wildman–Crippen MR) is 71.6 cm³/mol. The van der Waals surface area contributed by atoms with Crippen LogP contribution in [-0.2, 0) is 22.5 Å². The Balaban J connectivity index is 1.78. The maximum absolute atomic E-state index is 12.5. The van der Waals surface area contributed by atoms with Crippen LogP contribution in [0.1, 0.15) is 24.7 Å². The highest BCUT2D eigenvalue weighted by atomic mass is 16.5. The van der Waals surface area contributed by atoms with E-state index in [9.17, 15) is 14.7 Å². The Labute approximate surface area is 121 Å². The minimum Gasteiger partial charge on any atom is -0.480 e. The molecule has 1 saturated heterocycles. The van der Waals surface area contributed by atoms with Crippen LogP contribution in [0, 0.1) is 0 Å². The second-order valence-electron chi connectivity index (χ2n) is 5.81. The number of aliphatic carboxylic acids is 1. The lowest BCUT2D eigenvalue weighted by atomic mass is 10.0. The molecule has 1 fully saturated rings. The highest BCUT2D eigenvalue weighted by Crippen LogP contribution is 2.23. The van der Waals surface area contributed by atoms with Crippen molar-refractivity contribution in [3.63, 3.8) is 0 Å². The van der Waals surface area contributed by atoms with Crippen LogP contribution in [-0.4, -0.2) is 56.8 Å². The van der Waals surface area contributed by atoms with E-state index >= 15 is 0 Å². The van der Waals surface area contributed by atoms with Gasteiger partial charge < -0.3 is 25.0 Å². The van der Waals surface area contributed by atoms with Gasteiger partial charge >= 0.3 is 12.0 Å². The summed E-state index contributed by atoms with van der Waals surface area (Å²) in [6.07, 6.45) is 2.46. The first-order valence-corrected chi connectivity index (χ1v) is 6.89. The molecule has 3 N–H and O–H groups in total. The second kappa shape index (κ2) is 5.03. The number of hydrogen-bond acceptors (Lipinski definition) is 4. The number of urea groups is 1. The Kier molecular flexibility index (Phi) is 3.32. The molecular formula is C13H18N4O4. The van der Waals surface area contributed by atoms with Gasteiger partial charge in [-0.25, -0.2) is 14.6 Å². The highest BCUT2D eigenvalue weighted by Gasteiger charge is 2.39. The number of aromatic nitrogens is 2. The molecule has 2 atom stereocenters. The van der Waals surface area contributed by atoms with Gasteiger partial charge in [-0.3, -0.25) is 0 Å². The molecule has 21 heavy (non-hydrogen) atoms. The van der Waals surface area contributed by atoms with Crippen molar-refractivity contribution in [3.05, 3.63) is 17.7 Å². The van der Waals surface area contributed by atoms with Crippen molar-refractivity contribution >= 4 is 12.0 Å². The number of imidazole rings is 1. The average Bonchev–Trinajstić information content (AvgIpc) is 3.05. The normalized spacial score (nSPS) is 28.2. The third-order valence-electron chi connectivity index (χ3n) is 4.07. The molecule has 0 aliphatic carbocycles. The lowest BCUT2D eigenvalue weighted by molar-refractivity contribution is -0.142. The zero-order chi connectivity index (χ0) is 15.0. The monoisotopic (exact) mass is 294 g/mol. The van der Waals surface area contributed by atoms with Crippen LogP contribution < -0.4 is 5.32 Å². The maximum atomic E-state index is 12.5. The highest BCUT2D eigenvalue weighted by molar-refractivity contribution is 5.83. The summed E-state index contributed by atoms with van der Waals surface area (Å²) in [7, 11) is 0. The standard InChI is InChI=1S/C13H18N4O4/c1-13(2-3-21-6-13)16-12(20)17-5-9-8(14-7-15-9)4-10(17)11(18)19/h7,10H,2-6H2,1H3,(H,14,15)(H,16,20)(H,18,19). The Morgan fingerprint density at radius 3 is 3.10 bits per heavy atom. The van der Waals surface area contributed by atoms with Crippen LogP contribution in [0.25, 0.3) is 0 Å². The molecule has 1 aromatic heterocycles. The number of amides is 2. The van der Waals surface area contributed by atoms with E-state index in [4.69, 9.17) is 4.74 Å². The lowest BCUT2D eigenvalue weighted by Gasteiger charge is -2.35. The summed E-state index contributed by atoms with van der Waals surface area (Å²) < 4.78 is 5.30. The number of carbonyl (C=O) groups excluding carboxylic acids is 1. The van der Waals surface area contributed by atoms with E-state index in [0.29, 0.717) is 18.9 Å². The molecule has 114 valence electrons.